The molecule has 1 aromatic carbocycles. The van der Waals surface area contributed by atoms with Crippen LogP contribution in [0.5, 0.6) is 11.6 Å². The number of aliphatic hydroxyl groups excluding tert-OH is 1. The summed E-state index contributed by atoms with van der Waals surface area (Å²) >= 11 is 0. The Morgan fingerprint density at radius 3 is 2.69 bits per heavy atom. The molecule has 6 nitrogen and oxygen atoms in total. The van der Waals surface area contributed by atoms with Gasteiger partial charge < -0.3 is 20.9 Å². The first-order valence-corrected chi connectivity index (χ1v) is 7.78. The smallest absolute Gasteiger partial charge is 0.433 e. The van der Waals surface area contributed by atoms with Crippen LogP contribution < -0.4 is 15.8 Å². The van der Waals surface area contributed by atoms with Crippen LogP contribution in [0.2, 0.25) is 0 Å². The van der Waals surface area contributed by atoms with E-state index >= 15 is 0 Å². The first kappa shape index (κ1) is 19.7. The molecule has 0 fully saturated rings. The molecule has 0 aliphatic heterocycles. The molecule has 0 aliphatic rings. The van der Waals surface area contributed by atoms with E-state index in [9.17, 15) is 18.0 Å². The van der Waals surface area contributed by atoms with Gasteiger partial charge in [-0.1, -0.05) is 6.07 Å². The molecule has 0 aliphatic carbocycles. The van der Waals surface area contributed by atoms with Crippen molar-refractivity contribution in [2.24, 2.45) is 5.73 Å². The summed E-state index contributed by atoms with van der Waals surface area (Å²) in [5.41, 5.74) is 4.81. The molecule has 1 heterocycles. The molecule has 2 rings (SSSR count). The van der Waals surface area contributed by atoms with Crippen molar-refractivity contribution in [3.05, 3.63) is 53.2 Å². The van der Waals surface area contributed by atoms with Gasteiger partial charge in [-0.05, 0) is 36.2 Å². The van der Waals surface area contributed by atoms with Gasteiger partial charge in [-0.15, -0.1) is 0 Å². The normalized spacial score (nSPS) is 11.3. The lowest BCUT2D eigenvalue weighted by Gasteiger charge is -2.12. The second kappa shape index (κ2) is 8.63. The monoisotopic (exact) mass is 369 g/mol. The Bertz CT molecular complexity index is 766. The Morgan fingerprint density at radius 2 is 2.04 bits per heavy atom. The van der Waals surface area contributed by atoms with Gasteiger partial charge in [-0.3, -0.25) is 4.79 Å². The summed E-state index contributed by atoms with van der Waals surface area (Å²) in [6, 6.07) is 8.12. The predicted molar refractivity (Wildman–Crippen MR) is 87.7 cm³/mol. The summed E-state index contributed by atoms with van der Waals surface area (Å²) in [5.74, 6) is -0.490. The van der Waals surface area contributed by atoms with Crippen LogP contribution in [0.3, 0.4) is 0 Å². The lowest BCUT2D eigenvalue weighted by atomic mass is 10.2. The quantitative estimate of drug-likeness (QED) is 0.652. The fraction of sp³-hybridized carbons (Fsp3) is 0.294. The molecular formula is C17H18F3N3O3. The maximum absolute atomic E-state index is 12.9. The summed E-state index contributed by atoms with van der Waals surface area (Å²) in [6.07, 6.45) is -4.21. The van der Waals surface area contributed by atoms with Crippen molar-refractivity contribution >= 4 is 5.91 Å². The first-order chi connectivity index (χ1) is 12.3. The molecule has 0 saturated carbocycles. The maximum Gasteiger partial charge on any atom is 0.433 e. The minimum absolute atomic E-state index is 0.0475. The van der Waals surface area contributed by atoms with Gasteiger partial charge in [0.1, 0.15) is 11.4 Å². The molecule has 0 unspecified atom stereocenters. The highest BCUT2D eigenvalue weighted by Gasteiger charge is 2.33. The highest BCUT2D eigenvalue weighted by molar-refractivity contribution is 5.94. The number of aliphatic hydroxyl groups is 1. The molecule has 1 amide bonds. The Labute approximate surface area is 147 Å². The van der Waals surface area contributed by atoms with Crippen molar-refractivity contribution in [3.63, 3.8) is 0 Å². The van der Waals surface area contributed by atoms with Crippen LogP contribution in [0.1, 0.15) is 28.0 Å². The number of rotatable bonds is 7. The van der Waals surface area contributed by atoms with Gasteiger partial charge in [0.05, 0.1) is 0 Å². The van der Waals surface area contributed by atoms with E-state index in [-0.39, 0.29) is 41.8 Å². The van der Waals surface area contributed by atoms with Crippen LogP contribution in [0.15, 0.2) is 36.4 Å². The average molecular weight is 369 g/mol. The molecule has 4 N–H and O–H groups in total. The molecule has 140 valence electrons. The Balaban J connectivity index is 2.20. The third kappa shape index (κ3) is 5.43. The van der Waals surface area contributed by atoms with Gasteiger partial charge in [0.15, 0.2) is 0 Å². The number of hydrogen-bond donors (Lipinski definition) is 3. The Kier molecular flexibility index (Phi) is 6.53. The maximum atomic E-state index is 12.9. The van der Waals surface area contributed by atoms with Crippen molar-refractivity contribution < 1.29 is 27.8 Å². The van der Waals surface area contributed by atoms with Crippen LogP contribution >= 0.6 is 0 Å². The number of ether oxygens (including phenoxy) is 1. The fourth-order valence-corrected chi connectivity index (χ4v) is 2.08. The van der Waals surface area contributed by atoms with Gasteiger partial charge >= 0.3 is 6.18 Å². The van der Waals surface area contributed by atoms with E-state index in [1.54, 1.807) is 0 Å². The van der Waals surface area contributed by atoms with Crippen LogP contribution in [0.4, 0.5) is 13.2 Å². The zero-order valence-corrected chi connectivity index (χ0v) is 13.7. The van der Waals surface area contributed by atoms with E-state index in [2.05, 4.69) is 10.3 Å². The van der Waals surface area contributed by atoms with Gasteiger partial charge in [0, 0.05) is 31.3 Å². The number of nitrogens with two attached hydrogens (primary N) is 1. The number of nitrogens with zero attached hydrogens (tertiary/aromatic N) is 1. The minimum atomic E-state index is -4.63. The predicted octanol–water partition coefficient (Wildman–Crippen LogP) is 2.46. The average Bonchev–Trinajstić information content (AvgIpc) is 2.61. The van der Waals surface area contributed by atoms with E-state index in [0.29, 0.717) is 13.0 Å². The molecule has 1 aromatic heterocycles. The standard InChI is InChI=1S/C17H18F3N3O3/c18-17(19,20)14-7-11(10-21)8-15(23-14)26-13-4-1-3-12(9-13)16(25)22-5-2-6-24/h1,3-4,7-9,24H,2,5-6,10,21H2,(H,22,25). The van der Waals surface area contributed by atoms with Crippen LogP contribution in [-0.4, -0.2) is 29.1 Å². The number of halogens is 3. The van der Waals surface area contributed by atoms with E-state index in [0.717, 1.165) is 6.07 Å². The van der Waals surface area contributed by atoms with E-state index in [1.165, 1.54) is 30.3 Å². The van der Waals surface area contributed by atoms with Gasteiger partial charge in [-0.25, -0.2) is 4.98 Å². The number of amides is 1. The second-order valence-electron chi connectivity index (χ2n) is 5.36. The van der Waals surface area contributed by atoms with Crippen molar-refractivity contribution in [2.45, 2.75) is 19.1 Å². The number of nitrogens with one attached hydrogen (secondary N) is 1. The lowest BCUT2D eigenvalue weighted by Crippen LogP contribution is -2.24. The van der Waals surface area contributed by atoms with E-state index in [1.807, 2.05) is 0 Å². The molecule has 2 aromatic rings. The Hall–Kier alpha value is -2.65. The highest BCUT2D eigenvalue weighted by Crippen LogP contribution is 2.31. The topological polar surface area (TPSA) is 97.5 Å². The zero-order chi connectivity index (χ0) is 19.2. The number of pyridine rings is 1. The third-order valence-electron chi connectivity index (χ3n) is 3.33. The lowest BCUT2D eigenvalue weighted by molar-refractivity contribution is -0.141. The summed E-state index contributed by atoms with van der Waals surface area (Å²) in [6.45, 7) is 0.152. The zero-order valence-electron chi connectivity index (χ0n) is 13.7. The second-order valence-corrected chi connectivity index (χ2v) is 5.36. The number of hydrogen-bond acceptors (Lipinski definition) is 5. The van der Waals surface area contributed by atoms with Crippen LogP contribution in [-0.2, 0) is 12.7 Å². The first-order valence-electron chi connectivity index (χ1n) is 7.78. The summed E-state index contributed by atoms with van der Waals surface area (Å²) in [7, 11) is 0. The number of carbonyl (C=O) groups is 1. The molecular weight excluding hydrogens is 351 g/mol. The minimum Gasteiger partial charge on any atom is -0.439 e. The molecule has 9 heteroatoms. The highest BCUT2D eigenvalue weighted by atomic mass is 19.4. The number of aromatic nitrogens is 1. The number of carbonyl (C=O) groups excluding carboxylic acids is 1. The largest absolute Gasteiger partial charge is 0.439 e. The van der Waals surface area contributed by atoms with Gasteiger partial charge in [-0.2, -0.15) is 13.2 Å². The van der Waals surface area contributed by atoms with Crippen molar-refractivity contribution in [1.29, 1.82) is 0 Å². The van der Waals surface area contributed by atoms with Crippen molar-refractivity contribution in [1.82, 2.24) is 10.3 Å². The van der Waals surface area contributed by atoms with E-state index < -0.39 is 11.9 Å². The summed E-state index contributed by atoms with van der Waals surface area (Å²) < 4.78 is 44.1. The number of alkyl halides is 3. The molecule has 26 heavy (non-hydrogen) atoms. The van der Waals surface area contributed by atoms with Crippen LogP contribution in [0.25, 0.3) is 0 Å². The summed E-state index contributed by atoms with van der Waals surface area (Å²) in [4.78, 5) is 15.4. The number of benzene rings is 1. The molecule has 0 radical (unpaired) electrons. The molecule has 0 bridgehead atoms. The SMILES string of the molecule is NCc1cc(Oc2cccc(C(=O)NCCCO)c2)nc(C(F)(F)F)c1. The third-order valence-corrected chi connectivity index (χ3v) is 3.33. The Morgan fingerprint density at radius 1 is 1.27 bits per heavy atom. The van der Waals surface area contributed by atoms with E-state index in [4.69, 9.17) is 15.6 Å². The van der Waals surface area contributed by atoms with Gasteiger partial charge in [0.2, 0.25) is 5.88 Å². The van der Waals surface area contributed by atoms with Crippen molar-refractivity contribution in [2.75, 3.05) is 13.2 Å². The van der Waals surface area contributed by atoms with Gasteiger partial charge in [0.25, 0.3) is 5.91 Å². The van der Waals surface area contributed by atoms with Crippen LogP contribution in [0, 0.1) is 0 Å². The molecule has 0 saturated heterocycles. The fourth-order valence-electron chi connectivity index (χ4n) is 2.08. The molecule has 0 atom stereocenters. The van der Waals surface area contributed by atoms with Crippen molar-refractivity contribution in [3.8, 4) is 11.6 Å². The summed E-state index contributed by atoms with van der Waals surface area (Å²) in [5, 5.41) is 11.3. The molecule has 0 spiro atoms.